The highest BCUT2D eigenvalue weighted by molar-refractivity contribution is 7.99. The van der Waals surface area contributed by atoms with Crippen LogP contribution in [0.5, 0.6) is 0 Å². The number of nitrogens with one attached hydrogen (secondary N) is 1. The fourth-order valence-corrected chi connectivity index (χ4v) is 3.70. The van der Waals surface area contributed by atoms with Gasteiger partial charge in [-0.1, -0.05) is 24.1 Å². The number of amides is 1. The van der Waals surface area contributed by atoms with Crippen molar-refractivity contribution in [2.45, 2.75) is 37.5 Å². The third kappa shape index (κ3) is 5.36. The second-order valence-corrected chi connectivity index (χ2v) is 7.02. The van der Waals surface area contributed by atoms with Crippen LogP contribution >= 0.6 is 11.8 Å². The molecule has 0 saturated heterocycles. The van der Waals surface area contributed by atoms with Crippen molar-refractivity contribution in [3.05, 3.63) is 29.8 Å². The fourth-order valence-electron chi connectivity index (χ4n) is 2.85. The maximum Gasteiger partial charge on any atom is 0.220 e. The van der Waals surface area contributed by atoms with Crippen LogP contribution in [-0.2, 0) is 4.79 Å². The van der Waals surface area contributed by atoms with Gasteiger partial charge in [0.1, 0.15) is 0 Å². The zero-order valence-electron chi connectivity index (χ0n) is 12.7. The molecule has 3 nitrogen and oxygen atoms in total. The van der Waals surface area contributed by atoms with Crippen molar-refractivity contribution in [2.24, 2.45) is 11.8 Å². The number of benzene rings is 1. The summed E-state index contributed by atoms with van der Waals surface area (Å²) in [6.45, 7) is 3.05. The lowest BCUT2D eigenvalue weighted by atomic mass is 9.97. The van der Waals surface area contributed by atoms with E-state index in [4.69, 9.17) is 0 Å². The third-order valence-corrected chi connectivity index (χ3v) is 5.25. The molecule has 0 bridgehead atoms. The molecule has 1 amide bonds. The average molecular weight is 307 g/mol. The van der Waals surface area contributed by atoms with E-state index in [-0.39, 0.29) is 12.5 Å². The number of rotatable bonds is 7. The van der Waals surface area contributed by atoms with Gasteiger partial charge in [-0.3, -0.25) is 4.79 Å². The van der Waals surface area contributed by atoms with Gasteiger partial charge in [0.15, 0.2) is 0 Å². The molecule has 0 aliphatic heterocycles. The number of carbonyl (C=O) groups excluding carboxylic acids is 1. The zero-order valence-corrected chi connectivity index (χ0v) is 13.5. The van der Waals surface area contributed by atoms with Crippen molar-refractivity contribution >= 4 is 17.7 Å². The van der Waals surface area contributed by atoms with Gasteiger partial charge in [0.2, 0.25) is 5.91 Å². The van der Waals surface area contributed by atoms with Crippen molar-refractivity contribution in [1.29, 1.82) is 0 Å². The second-order valence-electron chi connectivity index (χ2n) is 5.85. The Balaban J connectivity index is 1.62. The van der Waals surface area contributed by atoms with E-state index in [0.29, 0.717) is 18.3 Å². The van der Waals surface area contributed by atoms with Crippen molar-refractivity contribution < 1.29 is 9.90 Å². The van der Waals surface area contributed by atoms with Gasteiger partial charge >= 0.3 is 0 Å². The Hall–Kier alpha value is -1.00. The molecule has 21 heavy (non-hydrogen) atoms. The van der Waals surface area contributed by atoms with Gasteiger partial charge in [-0.25, -0.2) is 0 Å². The van der Waals surface area contributed by atoms with Crippen molar-refractivity contribution in [3.8, 4) is 0 Å². The lowest BCUT2D eigenvalue weighted by molar-refractivity contribution is -0.120. The molecule has 2 atom stereocenters. The summed E-state index contributed by atoms with van der Waals surface area (Å²) >= 11 is 1.72. The normalized spacial score (nSPS) is 21.4. The summed E-state index contributed by atoms with van der Waals surface area (Å²) in [5, 5.41) is 12.3. The van der Waals surface area contributed by atoms with Crippen molar-refractivity contribution in [3.63, 3.8) is 0 Å². The maximum atomic E-state index is 11.9. The molecule has 1 aromatic rings. The van der Waals surface area contributed by atoms with E-state index in [9.17, 15) is 9.90 Å². The van der Waals surface area contributed by atoms with Crippen LogP contribution < -0.4 is 5.32 Å². The lowest BCUT2D eigenvalue weighted by Crippen LogP contribution is -2.31. The number of hydrogen-bond acceptors (Lipinski definition) is 3. The van der Waals surface area contributed by atoms with Gasteiger partial charge < -0.3 is 10.4 Å². The zero-order chi connectivity index (χ0) is 15.1. The van der Waals surface area contributed by atoms with Crippen molar-refractivity contribution in [2.75, 3.05) is 18.9 Å². The predicted octanol–water partition coefficient (Wildman–Crippen LogP) is 3.00. The molecule has 1 fully saturated rings. The molecule has 4 heteroatoms. The van der Waals surface area contributed by atoms with Gasteiger partial charge in [0.05, 0.1) is 0 Å². The number of carbonyl (C=O) groups is 1. The van der Waals surface area contributed by atoms with Crippen LogP contribution in [0.25, 0.3) is 0 Å². The molecule has 2 rings (SSSR count). The Morgan fingerprint density at radius 1 is 1.29 bits per heavy atom. The first-order valence-electron chi connectivity index (χ1n) is 7.76. The molecular weight excluding hydrogens is 282 g/mol. The minimum atomic E-state index is 0.123. The molecule has 0 heterocycles. The van der Waals surface area contributed by atoms with E-state index in [1.807, 2.05) is 0 Å². The monoisotopic (exact) mass is 307 g/mol. The number of thioether (sulfide) groups is 1. The lowest BCUT2D eigenvalue weighted by Gasteiger charge is -2.17. The molecule has 1 saturated carbocycles. The van der Waals surface area contributed by atoms with Gasteiger partial charge in [-0.2, -0.15) is 0 Å². The van der Waals surface area contributed by atoms with Crippen LogP contribution in [0.15, 0.2) is 29.2 Å². The van der Waals surface area contributed by atoms with E-state index < -0.39 is 0 Å². The van der Waals surface area contributed by atoms with Crippen LogP contribution in [-0.4, -0.2) is 29.9 Å². The summed E-state index contributed by atoms with van der Waals surface area (Å²) < 4.78 is 0. The average Bonchev–Trinajstić information content (AvgIpc) is 2.95. The Morgan fingerprint density at radius 3 is 2.71 bits per heavy atom. The van der Waals surface area contributed by atoms with Crippen molar-refractivity contribution in [1.82, 2.24) is 5.32 Å². The van der Waals surface area contributed by atoms with Gasteiger partial charge in [-0.15, -0.1) is 11.8 Å². The molecule has 116 valence electrons. The van der Waals surface area contributed by atoms with Crippen LogP contribution in [0.3, 0.4) is 0 Å². The molecule has 2 N–H and O–H groups in total. The van der Waals surface area contributed by atoms with E-state index in [0.717, 1.165) is 25.1 Å². The topological polar surface area (TPSA) is 49.3 Å². The number of hydrogen-bond donors (Lipinski definition) is 2. The second kappa shape index (κ2) is 8.44. The Labute approximate surface area is 131 Å². The van der Waals surface area contributed by atoms with Crippen LogP contribution in [0.4, 0.5) is 0 Å². The maximum absolute atomic E-state index is 11.9. The van der Waals surface area contributed by atoms with Gasteiger partial charge in [-0.05, 0) is 43.7 Å². The summed E-state index contributed by atoms with van der Waals surface area (Å²) in [6.07, 6.45) is 3.95. The Morgan fingerprint density at radius 2 is 2.00 bits per heavy atom. The first-order chi connectivity index (χ1) is 10.2. The SMILES string of the molecule is Cc1ccc(SCCC(=O)NCC2CCCC2CO)cc1. The van der Waals surface area contributed by atoms with Crippen LogP contribution in [0.1, 0.15) is 31.2 Å². The molecular formula is C17H25NO2S. The number of aliphatic hydroxyl groups is 1. The number of aryl methyl sites for hydroxylation is 1. The first-order valence-corrected chi connectivity index (χ1v) is 8.74. The summed E-state index contributed by atoms with van der Waals surface area (Å²) in [4.78, 5) is 13.1. The predicted molar refractivity (Wildman–Crippen MR) is 87.4 cm³/mol. The van der Waals surface area contributed by atoms with Gasteiger partial charge in [0, 0.05) is 30.2 Å². The minimum absolute atomic E-state index is 0.123. The smallest absolute Gasteiger partial charge is 0.220 e. The quantitative estimate of drug-likeness (QED) is 0.761. The van der Waals surface area contributed by atoms with E-state index in [1.165, 1.54) is 16.9 Å². The van der Waals surface area contributed by atoms with E-state index in [2.05, 4.69) is 36.5 Å². The molecule has 0 spiro atoms. The first kappa shape index (κ1) is 16.4. The largest absolute Gasteiger partial charge is 0.396 e. The standard InChI is InChI=1S/C17H25NO2S/c1-13-5-7-16(8-6-13)21-10-9-17(20)18-11-14-3-2-4-15(14)12-19/h5-8,14-15,19H,2-4,9-12H2,1H3,(H,18,20). The van der Waals surface area contributed by atoms with E-state index in [1.54, 1.807) is 11.8 Å². The summed E-state index contributed by atoms with van der Waals surface area (Å²) in [7, 11) is 0. The van der Waals surface area contributed by atoms with E-state index >= 15 is 0 Å². The van der Waals surface area contributed by atoms with Crippen LogP contribution in [0, 0.1) is 18.8 Å². The highest BCUT2D eigenvalue weighted by atomic mass is 32.2. The Bertz CT molecular complexity index is 447. The molecule has 1 aromatic carbocycles. The molecule has 1 aliphatic carbocycles. The molecule has 0 radical (unpaired) electrons. The third-order valence-electron chi connectivity index (χ3n) is 4.23. The highest BCUT2D eigenvalue weighted by Crippen LogP contribution is 2.30. The molecule has 1 aliphatic rings. The minimum Gasteiger partial charge on any atom is -0.396 e. The molecule has 2 unspecified atom stereocenters. The summed E-state index contributed by atoms with van der Waals surface area (Å²) in [5.74, 6) is 1.78. The Kier molecular flexibility index (Phi) is 6.58. The fraction of sp³-hybridized carbons (Fsp3) is 0.588. The summed E-state index contributed by atoms with van der Waals surface area (Å²) in [5.41, 5.74) is 1.26. The van der Waals surface area contributed by atoms with Gasteiger partial charge in [0.25, 0.3) is 0 Å². The summed E-state index contributed by atoms with van der Waals surface area (Å²) in [6, 6.07) is 8.39. The highest BCUT2D eigenvalue weighted by Gasteiger charge is 2.26. The van der Waals surface area contributed by atoms with Crippen LogP contribution in [0.2, 0.25) is 0 Å². The molecule has 0 aromatic heterocycles. The number of aliphatic hydroxyl groups excluding tert-OH is 1.